The van der Waals surface area contributed by atoms with Crippen molar-refractivity contribution in [3.05, 3.63) is 24.3 Å². The molecular weight excluding hydrogens is 353 g/mol. The van der Waals surface area contributed by atoms with Gasteiger partial charge in [0.2, 0.25) is 12.3 Å². The molecule has 0 spiro atoms. The second kappa shape index (κ2) is 10.6. The van der Waals surface area contributed by atoms with E-state index in [4.69, 9.17) is 10.0 Å². The standard InChI is InChI=1S/C17H26BN3O4S/c1-19-17-14(20-11-22)10-26-15(17)7-2-3-8-16(23)21-13-6-4-5-12(9-13)18(24)25/h4-6,9,11,14-15,17,19,24-25H,2-3,7-8,10H2,1H3,(H,20,22)(H,21,23). The third-order valence-corrected chi connectivity index (χ3v) is 6.06. The van der Waals surface area contributed by atoms with E-state index in [-0.39, 0.29) is 18.0 Å². The van der Waals surface area contributed by atoms with Gasteiger partial charge in [-0.25, -0.2) is 0 Å². The molecule has 7 nitrogen and oxygen atoms in total. The maximum atomic E-state index is 12.0. The SMILES string of the molecule is CNC1C(NC=O)CSC1CCCCC(=O)Nc1cccc(B(O)O)c1. The van der Waals surface area contributed by atoms with Crippen LogP contribution in [0.25, 0.3) is 0 Å². The van der Waals surface area contributed by atoms with E-state index >= 15 is 0 Å². The Morgan fingerprint density at radius 2 is 2.19 bits per heavy atom. The minimum Gasteiger partial charge on any atom is -0.423 e. The van der Waals surface area contributed by atoms with Crippen LogP contribution in [0.3, 0.4) is 0 Å². The number of rotatable bonds is 10. The first-order chi connectivity index (χ1) is 12.5. The molecule has 0 aromatic heterocycles. The molecule has 2 rings (SSSR count). The highest BCUT2D eigenvalue weighted by atomic mass is 32.2. The number of thioether (sulfide) groups is 1. The topological polar surface area (TPSA) is 111 Å². The summed E-state index contributed by atoms with van der Waals surface area (Å²) < 4.78 is 0. The molecule has 5 N–H and O–H groups in total. The first-order valence-electron chi connectivity index (χ1n) is 8.79. The number of carbonyl (C=O) groups is 2. The van der Waals surface area contributed by atoms with E-state index in [0.717, 1.165) is 31.4 Å². The van der Waals surface area contributed by atoms with Gasteiger partial charge >= 0.3 is 7.12 Å². The summed E-state index contributed by atoms with van der Waals surface area (Å²) in [7, 11) is 0.363. The van der Waals surface area contributed by atoms with E-state index in [1.807, 2.05) is 18.8 Å². The maximum absolute atomic E-state index is 12.0. The molecular formula is C17H26BN3O4S. The van der Waals surface area contributed by atoms with Gasteiger partial charge in [0.15, 0.2) is 0 Å². The molecule has 1 fully saturated rings. The fraction of sp³-hybridized carbons (Fsp3) is 0.529. The van der Waals surface area contributed by atoms with Gasteiger partial charge in [0.05, 0.1) is 6.04 Å². The zero-order valence-corrected chi connectivity index (χ0v) is 15.7. The van der Waals surface area contributed by atoms with Crippen LogP contribution < -0.4 is 21.4 Å². The van der Waals surface area contributed by atoms with E-state index in [1.165, 1.54) is 0 Å². The molecule has 2 amide bonds. The molecule has 0 saturated carbocycles. The quantitative estimate of drug-likeness (QED) is 0.217. The number of amides is 2. The molecule has 1 aliphatic rings. The number of carbonyl (C=O) groups excluding carboxylic acids is 2. The number of hydrogen-bond donors (Lipinski definition) is 5. The van der Waals surface area contributed by atoms with E-state index in [2.05, 4.69) is 16.0 Å². The zero-order chi connectivity index (χ0) is 18.9. The minimum atomic E-state index is -1.55. The van der Waals surface area contributed by atoms with E-state index in [0.29, 0.717) is 22.8 Å². The van der Waals surface area contributed by atoms with Crippen molar-refractivity contribution in [3.63, 3.8) is 0 Å². The summed E-state index contributed by atoms with van der Waals surface area (Å²) in [5.41, 5.74) is 0.905. The molecule has 1 saturated heterocycles. The summed E-state index contributed by atoms with van der Waals surface area (Å²) in [5, 5.41) is 27.7. The predicted molar refractivity (Wildman–Crippen MR) is 105 cm³/mol. The van der Waals surface area contributed by atoms with Crippen LogP contribution in [-0.2, 0) is 9.59 Å². The lowest BCUT2D eigenvalue weighted by atomic mass is 9.80. The second-order valence-corrected chi connectivity index (χ2v) is 7.64. The third-order valence-electron chi connectivity index (χ3n) is 4.55. The molecule has 1 aromatic carbocycles. The van der Waals surface area contributed by atoms with Crippen molar-refractivity contribution in [2.45, 2.75) is 43.0 Å². The summed E-state index contributed by atoms with van der Waals surface area (Å²) in [6.07, 6.45) is 3.89. The Balaban J connectivity index is 1.70. The highest BCUT2D eigenvalue weighted by Gasteiger charge is 2.34. The number of unbranched alkanes of at least 4 members (excludes halogenated alkanes) is 1. The Morgan fingerprint density at radius 1 is 1.38 bits per heavy atom. The van der Waals surface area contributed by atoms with Gasteiger partial charge in [-0.2, -0.15) is 11.8 Å². The largest absolute Gasteiger partial charge is 0.488 e. The third kappa shape index (κ3) is 6.01. The van der Waals surface area contributed by atoms with E-state index in [9.17, 15) is 9.59 Å². The molecule has 3 unspecified atom stereocenters. The highest BCUT2D eigenvalue weighted by Crippen LogP contribution is 2.31. The smallest absolute Gasteiger partial charge is 0.423 e. The van der Waals surface area contributed by atoms with Gasteiger partial charge in [-0.15, -0.1) is 0 Å². The average molecular weight is 379 g/mol. The number of hydrogen-bond acceptors (Lipinski definition) is 6. The Morgan fingerprint density at radius 3 is 2.88 bits per heavy atom. The molecule has 1 aromatic rings. The van der Waals surface area contributed by atoms with Crippen LogP contribution in [-0.4, -0.2) is 59.6 Å². The summed E-state index contributed by atoms with van der Waals surface area (Å²) in [6, 6.07) is 6.94. The van der Waals surface area contributed by atoms with Crippen molar-refractivity contribution >= 4 is 42.3 Å². The molecule has 0 radical (unpaired) electrons. The Kier molecular flexibility index (Phi) is 8.44. The van der Waals surface area contributed by atoms with Crippen molar-refractivity contribution in [2.75, 3.05) is 18.1 Å². The van der Waals surface area contributed by atoms with Crippen LogP contribution in [0.5, 0.6) is 0 Å². The van der Waals surface area contributed by atoms with Gasteiger partial charge in [0.25, 0.3) is 0 Å². The van der Waals surface area contributed by atoms with Crippen LogP contribution >= 0.6 is 11.8 Å². The van der Waals surface area contributed by atoms with Gasteiger partial charge in [0.1, 0.15) is 0 Å². The lowest BCUT2D eigenvalue weighted by Crippen LogP contribution is -2.48. The molecule has 26 heavy (non-hydrogen) atoms. The predicted octanol–water partition coefficient (Wildman–Crippen LogP) is -0.317. The lowest BCUT2D eigenvalue weighted by molar-refractivity contribution is -0.116. The zero-order valence-electron chi connectivity index (χ0n) is 14.9. The number of nitrogens with one attached hydrogen (secondary N) is 3. The number of anilines is 1. The normalized spacial score (nSPS) is 22.0. The molecule has 3 atom stereocenters. The molecule has 1 aliphatic heterocycles. The molecule has 0 aliphatic carbocycles. The van der Waals surface area contributed by atoms with Crippen molar-refractivity contribution in [1.82, 2.24) is 10.6 Å². The van der Waals surface area contributed by atoms with Crippen molar-refractivity contribution in [1.29, 1.82) is 0 Å². The van der Waals surface area contributed by atoms with Gasteiger partial charge in [0, 0.05) is 29.2 Å². The Hall–Kier alpha value is -1.55. The fourth-order valence-electron chi connectivity index (χ4n) is 3.21. The minimum absolute atomic E-state index is 0.0840. The van der Waals surface area contributed by atoms with Gasteiger partial charge in [-0.1, -0.05) is 18.6 Å². The van der Waals surface area contributed by atoms with Gasteiger partial charge in [-0.05, 0) is 37.5 Å². The fourth-order valence-corrected chi connectivity index (χ4v) is 4.84. The summed E-state index contributed by atoms with van der Waals surface area (Å²) in [5.74, 6) is 0.821. The monoisotopic (exact) mass is 379 g/mol. The van der Waals surface area contributed by atoms with Crippen LogP contribution in [0, 0.1) is 0 Å². The van der Waals surface area contributed by atoms with E-state index < -0.39 is 7.12 Å². The first kappa shape index (κ1) is 20.8. The average Bonchev–Trinajstić information content (AvgIpc) is 3.01. The molecule has 1 heterocycles. The second-order valence-electron chi connectivity index (χ2n) is 6.37. The van der Waals surface area contributed by atoms with Crippen LogP contribution in [0.1, 0.15) is 25.7 Å². The lowest BCUT2D eigenvalue weighted by Gasteiger charge is -2.22. The van der Waals surface area contributed by atoms with Crippen molar-refractivity contribution in [2.24, 2.45) is 0 Å². The molecule has 142 valence electrons. The molecule has 0 bridgehead atoms. The first-order valence-corrected chi connectivity index (χ1v) is 9.84. The van der Waals surface area contributed by atoms with Crippen molar-refractivity contribution < 1.29 is 19.6 Å². The van der Waals surface area contributed by atoms with Crippen LogP contribution in [0.4, 0.5) is 5.69 Å². The van der Waals surface area contributed by atoms with Crippen molar-refractivity contribution in [3.8, 4) is 0 Å². The van der Waals surface area contributed by atoms with Crippen LogP contribution in [0.15, 0.2) is 24.3 Å². The summed E-state index contributed by atoms with van der Waals surface area (Å²) >= 11 is 1.86. The van der Waals surface area contributed by atoms with Gasteiger partial charge in [-0.3, -0.25) is 9.59 Å². The summed E-state index contributed by atoms with van der Waals surface area (Å²) in [4.78, 5) is 22.7. The highest BCUT2D eigenvalue weighted by molar-refractivity contribution is 8.00. The maximum Gasteiger partial charge on any atom is 0.488 e. The van der Waals surface area contributed by atoms with Crippen LogP contribution in [0.2, 0.25) is 0 Å². The molecule has 9 heteroatoms. The number of benzene rings is 1. The Bertz CT molecular complexity index is 605. The number of likely N-dealkylation sites (N-methyl/N-ethyl adjacent to an activating group) is 1. The van der Waals surface area contributed by atoms with Gasteiger partial charge < -0.3 is 26.0 Å². The van der Waals surface area contributed by atoms with E-state index in [1.54, 1.807) is 24.3 Å². The Labute approximate surface area is 158 Å². The summed E-state index contributed by atoms with van der Waals surface area (Å²) in [6.45, 7) is 0.